The van der Waals surface area contributed by atoms with Crippen LogP contribution in [0.2, 0.25) is 0 Å². The van der Waals surface area contributed by atoms with E-state index in [-0.39, 0.29) is 0 Å². The van der Waals surface area contributed by atoms with Crippen LogP contribution in [0.1, 0.15) is 52.9 Å². The minimum Gasteiger partial charge on any atom is -0.198 e. The molecule has 0 amide bonds. The molecule has 0 aliphatic heterocycles. The van der Waals surface area contributed by atoms with E-state index in [1.807, 2.05) is 0 Å². The summed E-state index contributed by atoms with van der Waals surface area (Å²) < 4.78 is 0. The fourth-order valence-corrected chi connectivity index (χ4v) is 4.05. The smallest absolute Gasteiger partial charge is 0.0621 e. The molecule has 3 unspecified atom stereocenters. The molecule has 2 bridgehead atoms. The predicted molar refractivity (Wildman–Crippen MR) is 57.6 cm³/mol. The standard InChI is InChI=1S/C13H21N/c1-12(2)10-5-6-11(9-10)13(12,3)7-4-8-14/h10-11H,4-7,9H2,1-3H3. The molecule has 2 aliphatic rings. The molecule has 0 aromatic rings. The molecule has 3 atom stereocenters. The van der Waals surface area contributed by atoms with Crippen molar-refractivity contribution in [3.05, 3.63) is 0 Å². The fourth-order valence-electron chi connectivity index (χ4n) is 4.05. The van der Waals surface area contributed by atoms with Crippen LogP contribution in [0.15, 0.2) is 0 Å². The van der Waals surface area contributed by atoms with Gasteiger partial charge in [-0.15, -0.1) is 0 Å². The first kappa shape index (κ1) is 10.0. The minimum atomic E-state index is 0.436. The second-order valence-electron chi connectivity index (χ2n) is 6.00. The zero-order valence-corrected chi connectivity index (χ0v) is 9.64. The normalized spacial score (nSPS) is 43.9. The molecular weight excluding hydrogens is 170 g/mol. The number of hydrogen-bond donors (Lipinski definition) is 0. The van der Waals surface area contributed by atoms with E-state index in [1.54, 1.807) is 0 Å². The van der Waals surface area contributed by atoms with Crippen molar-refractivity contribution in [3.63, 3.8) is 0 Å². The molecule has 0 radical (unpaired) electrons. The van der Waals surface area contributed by atoms with Gasteiger partial charge in [0.25, 0.3) is 0 Å². The van der Waals surface area contributed by atoms with E-state index in [4.69, 9.17) is 5.26 Å². The fraction of sp³-hybridized carbons (Fsp3) is 0.923. The molecule has 1 heteroatoms. The van der Waals surface area contributed by atoms with Gasteiger partial charge < -0.3 is 0 Å². The van der Waals surface area contributed by atoms with Crippen LogP contribution in [-0.2, 0) is 0 Å². The Morgan fingerprint density at radius 1 is 1.21 bits per heavy atom. The summed E-state index contributed by atoms with van der Waals surface area (Å²) >= 11 is 0. The first-order valence-electron chi connectivity index (χ1n) is 5.89. The Balaban J connectivity index is 2.21. The van der Waals surface area contributed by atoms with Crippen LogP contribution < -0.4 is 0 Å². The number of nitriles is 1. The van der Waals surface area contributed by atoms with E-state index >= 15 is 0 Å². The Hall–Kier alpha value is -0.510. The first-order valence-corrected chi connectivity index (χ1v) is 5.89. The van der Waals surface area contributed by atoms with Crippen molar-refractivity contribution >= 4 is 0 Å². The minimum absolute atomic E-state index is 0.436. The second-order valence-corrected chi connectivity index (χ2v) is 6.00. The van der Waals surface area contributed by atoms with Gasteiger partial charge in [0.05, 0.1) is 6.07 Å². The van der Waals surface area contributed by atoms with Gasteiger partial charge in [-0.25, -0.2) is 0 Å². The molecule has 2 aliphatic carbocycles. The number of hydrogen-bond acceptors (Lipinski definition) is 1. The summed E-state index contributed by atoms with van der Waals surface area (Å²) in [6, 6.07) is 2.32. The molecule has 2 fully saturated rings. The van der Waals surface area contributed by atoms with Crippen LogP contribution in [0.5, 0.6) is 0 Å². The van der Waals surface area contributed by atoms with Crippen LogP contribution in [0.25, 0.3) is 0 Å². The third-order valence-corrected chi connectivity index (χ3v) is 5.58. The van der Waals surface area contributed by atoms with Gasteiger partial charge in [-0.05, 0) is 48.3 Å². The average molecular weight is 191 g/mol. The molecule has 0 aromatic carbocycles. The lowest BCUT2D eigenvalue weighted by atomic mass is 9.57. The summed E-state index contributed by atoms with van der Waals surface area (Å²) in [7, 11) is 0. The van der Waals surface area contributed by atoms with Gasteiger partial charge >= 0.3 is 0 Å². The lowest BCUT2D eigenvalue weighted by Gasteiger charge is -2.47. The van der Waals surface area contributed by atoms with E-state index in [1.165, 1.54) is 19.3 Å². The van der Waals surface area contributed by atoms with Gasteiger partial charge in [0, 0.05) is 6.42 Å². The van der Waals surface area contributed by atoms with Gasteiger partial charge in [-0.2, -0.15) is 5.26 Å². The zero-order chi connectivity index (χ0) is 10.4. The largest absolute Gasteiger partial charge is 0.198 e. The summed E-state index contributed by atoms with van der Waals surface area (Å²) in [4.78, 5) is 0. The Kier molecular flexibility index (Phi) is 2.14. The van der Waals surface area contributed by atoms with Gasteiger partial charge in [0.15, 0.2) is 0 Å². The van der Waals surface area contributed by atoms with Gasteiger partial charge in [0.2, 0.25) is 0 Å². The molecule has 0 spiro atoms. The Bertz CT molecular complexity index is 273. The number of rotatable bonds is 2. The van der Waals surface area contributed by atoms with Crippen LogP contribution in [0.3, 0.4) is 0 Å². The van der Waals surface area contributed by atoms with Gasteiger partial charge in [0.1, 0.15) is 0 Å². The Morgan fingerprint density at radius 3 is 2.36 bits per heavy atom. The van der Waals surface area contributed by atoms with Crippen molar-refractivity contribution < 1.29 is 0 Å². The molecule has 78 valence electrons. The molecule has 2 rings (SSSR count). The monoisotopic (exact) mass is 191 g/mol. The van der Waals surface area contributed by atoms with Crippen molar-refractivity contribution in [2.24, 2.45) is 22.7 Å². The lowest BCUT2D eigenvalue weighted by Crippen LogP contribution is -2.40. The highest BCUT2D eigenvalue weighted by molar-refractivity contribution is 5.09. The average Bonchev–Trinajstić information content (AvgIpc) is 2.67. The summed E-state index contributed by atoms with van der Waals surface area (Å²) in [6.07, 6.45) is 6.12. The maximum absolute atomic E-state index is 8.73. The first-order chi connectivity index (χ1) is 6.52. The van der Waals surface area contributed by atoms with Crippen molar-refractivity contribution in [2.45, 2.75) is 52.9 Å². The second kappa shape index (κ2) is 2.99. The Morgan fingerprint density at radius 2 is 1.86 bits per heavy atom. The molecular formula is C13H21N. The third kappa shape index (κ3) is 1.06. The summed E-state index contributed by atoms with van der Waals surface area (Å²) in [5.41, 5.74) is 0.901. The van der Waals surface area contributed by atoms with Crippen molar-refractivity contribution in [3.8, 4) is 6.07 Å². The van der Waals surface area contributed by atoms with Crippen LogP contribution in [0.4, 0.5) is 0 Å². The van der Waals surface area contributed by atoms with E-state index in [0.717, 1.165) is 24.7 Å². The molecule has 0 aromatic heterocycles. The van der Waals surface area contributed by atoms with Crippen LogP contribution in [-0.4, -0.2) is 0 Å². The topological polar surface area (TPSA) is 23.8 Å². The van der Waals surface area contributed by atoms with E-state index in [0.29, 0.717) is 10.8 Å². The number of fused-ring (bicyclic) bond motifs is 2. The summed E-state index contributed by atoms with van der Waals surface area (Å²) in [5.74, 6) is 1.83. The maximum Gasteiger partial charge on any atom is 0.0621 e. The number of nitrogens with zero attached hydrogens (tertiary/aromatic N) is 1. The quantitative estimate of drug-likeness (QED) is 0.652. The van der Waals surface area contributed by atoms with E-state index < -0.39 is 0 Å². The van der Waals surface area contributed by atoms with Crippen molar-refractivity contribution in [1.82, 2.24) is 0 Å². The third-order valence-electron chi connectivity index (χ3n) is 5.58. The molecule has 1 nitrogen and oxygen atoms in total. The lowest BCUT2D eigenvalue weighted by molar-refractivity contribution is 0.0142. The highest BCUT2D eigenvalue weighted by atomic mass is 14.6. The SMILES string of the molecule is CC1(C)C2CCC(C2)C1(C)CCC#N. The Labute approximate surface area is 87.5 Å². The maximum atomic E-state index is 8.73. The highest BCUT2D eigenvalue weighted by Gasteiger charge is 2.59. The van der Waals surface area contributed by atoms with Crippen molar-refractivity contribution in [2.75, 3.05) is 0 Å². The summed E-state index contributed by atoms with van der Waals surface area (Å²) in [6.45, 7) is 7.27. The van der Waals surface area contributed by atoms with E-state index in [2.05, 4.69) is 26.8 Å². The predicted octanol–water partition coefficient (Wildman–Crippen LogP) is 3.75. The molecule has 0 N–H and O–H groups in total. The van der Waals surface area contributed by atoms with Gasteiger partial charge in [-0.1, -0.05) is 20.8 Å². The van der Waals surface area contributed by atoms with Crippen molar-refractivity contribution in [1.29, 1.82) is 5.26 Å². The molecule has 0 saturated heterocycles. The van der Waals surface area contributed by atoms with Crippen LogP contribution in [0, 0.1) is 34.0 Å². The van der Waals surface area contributed by atoms with Crippen LogP contribution >= 0.6 is 0 Å². The highest BCUT2D eigenvalue weighted by Crippen LogP contribution is 2.67. The molecule has 14 heavy (non-hydrogen) atoms. The molecule has 2 saturated carbocycles. The summed E-state index contributed by atoms with van der Waals surface area (Å²) in [5, 5.41) is 8.73. The van der Waals surface area contributed by atoms with E-state index in [9.17, 15) is 0 Å². The van der Waals surface area contributed by atoms with Gasteiger partial charge in [-0.3, -0.25) is 0 Å². The zero-order valence-electron chi connectivity index (χ0n) is 9.64. The molecule has 0 heterocycles.